The van der Waals surface area contributed by atoms with Gasteiger partial charge in [-0.15, -0.1) is 0 Å². The first-order valence-electron chi connectivity index (χ1n) is 5.41. The average Bonchev–Trinajstić information content (AvgIpc) is 2.34. The van der Waals surface area contributed by atoms with Crippen LogP contribution in [-0.4, -0.2) is 17.6 Å². The summed E-state index contributed by atoms with van der Waals surface area (Å²) in [4.78, 5) is 0. The molecule has 1 rings (SSSR count). The Kier molecular flexibility index (Phi) is 5.29. The van der Waals surface area contributed by atoms with Gasteiger partial charge in [-0.1, -0.05) is 16.8 Å². The second-order valence-electron chi connectivity index (χ2n) is 3.81. The number of anilines is 1. The Labute approximate surface area is 113 Å². The van der Waals surface area contributed by atoms with Crippen molar-refractivity contribution in [3.63, 3.8) is 0 Å². The molecule has 0 amide bonds. The molecule has 0 aromatic heterocycles. The van der Waals surface area contributed by atoms with Crippen LogP contribution in [-0.2, 0) is 6.18 Å². The lowest BCUT2D eigenvalue weighted by atomic mass is 10.2. The summed E-state index contributed by atoms with van der Waals surface area (Å²) in [5, 5.41) is 14.0. The van der Waals surface area contributed by atoms with Crippen molar-refractivity contribution in [2.24, 2.45) is 10.9 Å². The van der Waals surface area contributed by atoms with Gasteiger partial charge in [0.25, 0.3) is 0 Å². The molecule has 0 saturated carbocycles. The lowest BCUT2D eigenvalue weighted by Crippen LogP contribution is -2.13. The molecule has 1 aromatic carbocycles. The number of nitrogens with two attached hydrogens (primary N) is 1. The van der Waals surface area contributed by atoms with Gasteiger partial charge in [-0.2, -0.15) is 13.2 Å². The summed E-state index contributed by atoms with van der Waals surface area (Å²) in [6.07, 6.45) is -3.47. The van der Waals surface area contributed by atoms with Crippen molar-refractivity contribution >= 4 is 23.1 Å². The Hall–Kier alpha value is -1.63. The fourth-order valence-electron chi connectivity index (χ4n) is 1.38. The van der Waals surface area contributed by atoms with Crippen molar-refractivity contribution in [1.82, 2.24) is 0 Å². The van der Waals surface area contributed by atoms with Crippen LogP contribution in [0.3, 0.4) is 0 Å². The Morgan fingerprint density at radius 2 is 2.11 bits per heavy atom. The number of nitrogens with one attached hydrogen (secondary N) is 1. The maximum Gasteiger partial charge on any atom is 0.416 e. The second kappa shape index (κ2) is 6.51. The van der Waals surface area contributed by atoms with Crippen molar-refractivity contribution in [2.75, 3.05) is 11.9 Å². The molecule has 0 heterocycles. The van der Waals surface area contributed by atoms with Gasteiger partial charge in [0.1, 0.15) is 5.84 Å². The second-order valence-corrected chi connectivity index (χ2v) is 4.22. The first-order valence-corrected chi connectivity index (χ1v) is 5.79. The van der Waals surface area contributed by atoms with Crippen molar-refractivity contribution < 1.29 is 18.4 Å². The molecule has 0 spiro atoms. The van der Waals surface area contributed by atoms with Crippen molar-refractivity contribution in [3.8, 4) is 0 Å². The third-order valence-corrected chi connectivity index (χ3v) is 2.66. The molecule has 0 radical (unpaired) electrons. The average molecular weight is 296 g/mol. The van der Waals surface area contributed by atoms with Crippen molar-refractivity contribution in [1.29, 1.82) is 0 Å². The Morgan fingerprint density at radius 1 is 1.42 bits per heavy atom. The molecular formula is C11H13ClF3N3O. The standard InChI is InChI=1S/C11H13ClF3N3O/c12-8-6-7(11(13,14)15)3-4-9(8)17-5-1-2-10(16)18-19/h3-4,6,17,19H,1-2,5H2,(H2,16,18). The zero-order valence-corrected chi connectivity index (χ0v) is 10.6. The van der Waals surface area contributed by atoms with Gasteiger partial charge >= 0.3 is 6.18 Å². The third-order valence-electron chi connectivity index (χ3n) is 2.35. The van der Waals surface area contributed by atoms with E-state index in [1.54, 1.807) is 0 Å². The maximum absolute atomic E-state index is 12.4. The van der Waals surface area contributed by atoms with E-state index in [2.05, 4.69) is 10.5 Å². The number of rotatable bonds is 5. The largest absolute Gasteiger partial charge is 0.416 e. The highest BCUT2D eigenvalue weighted by Gasteiger charge is 2.30. The summed E-state index contributed by atoms with van der Waals surface area (Å²) >= 11 is 5.75. The number of oxime groups is 1. The predicted molar refractivity (Wildman–Crippen MR) is 67.6 cm³/mol. The minimum absolute atomic E-state index is 0.00128. The van der Waals surface area contributed by atoms with E-state index in [-0.39, 0.29) is 10.9 Å². The van der Waals surface area contributed by atoms with Gasteiger partial charge in [-0.05, 0) is 24.6 Å². The zero-order valence-electron chi connectivity index (χ0n) is 9.84. The molecule has 0 aliphatic rings. The number of hydrogen-bond acceptors (Lipinski definition) is 3. The summed E-state index contributed by atoms with van der Waals surface area (Å²) in [6.45, 7) is 0.446. The first-order chi connectivity index (χ1) is 8.84. The van der Waals surface area contributed by atoms with E-state index in [0.717, 1.165) is 12.1 Å². The van der Waals surface area contributed by atoms with Crippen LogP contribution in [0.2, 0.25) is 5.02 Å². The Bertz CT molecular complexity index is 463. The molecule has 8 heteroatoms. The quantitative estimate of drug-likeness (QED) is 0.257. The number of nitrogens with zero attached hydrogens (tertiary/aromatic N) is 1. The van der Waals surface area contributed by atoms with Crippen LogP contribution < -0.4 is 11.1 Å². The first kappa shape index (κ1) is 15.4. The van der Waals surface area contributed by atoms with Crippen LogP contribution in [0, 0.1) is 0 Å². The SMILES string of the molecule is NC(CCCNc1ccc(C(F)(F)F)cc1Cl)=NO. The molecule has 1 aromatic rings. The van der Waals surface area contributed by atoms with Gasteiger partial charge < -0.3 is 16.3 Å². The molecule has 4 N–H and O–H groups in total. The normalized spacial score (nSPS) is 12.5. The molecule has 4 nitrogen and oxygen atoms in total. The number of benzene rings is 1. The lowest BCUT2D eigenvalue weighted by molar-refractivity contribution is -0.137. The topological polar surface area (TPSA) is 70.6 Å². The van der Waals surface area contributed by atoms with Crippen LogP contribution in [0.25, 0.3) is 0 Å². The monoisotopic (exact) mass is 295 g/mol. The van der Waals surface area contributed by atoms with E-state index in [9.17, 15) is 13.2 Å². The molecule has 0 saturated heterocycles. The number of hydrogen-bond donors (Lipinski definition) is 3. The van der Waals surface area contributed by atoms with Gasteiger partial charge in [-0.3, -0.25) is 0 Å². The van der Waals surface area contributed by atoms with Crippen molar-refractivity contribution in [3.05, 3.63) is 28.8 Å². The highest BCUT2D eigenvalue weighted by molar-refractivity contribution is 6.33. The molecule has 106 valence electrons. The summed E-state index contributed by atoms with van der Waals surface area (Å²) in [7, 11) is 0. The fourth-order valence-corrected chi connectivity index (χ4v) is 1.62. The molecular weight excluding hydrogens is 283 g/mol. The molecule has 19 heavy (non-hydrogen) atoms. The zero-order chi connectivity index (χ0) is 14.5. The van der Waals surface area contributed by atoms with Crippen LogP contribution in [0.1, 0.15) is 18.4 Å². The smallest absolute Gasteiger partial charge is 0.409 e. The van der Waals surface area contributed by atoms with Crippen LogP contribution >= 0.6 is 11.6 Å². The lowest BCUT2D eigenvalue weighted by Gasteiger charge is -2.11. The van der Waals surface area contributed by atoms with E-state index in [1.165, 1.54) is 6.07 Å². The summed E-state index contributed by atoms with van der Waals surface area (Å²) < 4.78 is 37.2. The highest BCUT2D eigenvalue weighted by Crippen LogP contribution is 2.33. The molecule has 0 fully saturated rings. The van der Waals surface area contributed by atoms with Crippen LogP contribution in [0.15, 0.2) is 23.4 Å². The molecule has 0 atom stereocenters. The Morgan fingerprint density at radius 3 is 2.63 bits per heavy atom. The number of alkyl halides is 3. The van der Waals surface area contributed by atoms with Crippen LogP contribution in [0.4, 0.5) is 18.9 Å². The van der Waals surface area contributed by atoms with Gasteiger partial charge in [-0.25, -0.2) is 0 Å². The third kappa shape index (κ3) is 4.86. The molecule has 0 unspecified atom stereocenters. The molecule has 0 bridgehead atoms. The molecule has 0 aliphatic carbocycles. The van der Waals surface area contributed by atoms with Gasteiger partial charge in [0, 0.05) is 13.0 Å². The summed E-state index contributed by atoms with van der Waals surface area (Å²) in [6, 6.07) is 3.10. The maximum atomic E-state index is 12.4. The van der Waals surface area contributed by atoms with E-state index in [0.29, 0.717) is 25.1 Å². The van der Waals surface area contributed by atoms with E-state index >= 15 is 0 Å². The van der Waals surface area contributed by atoms with Gasteiger partial charge in [0.05, 0.1) is 16.3 Å². The van der Waals surface area contributed by atoms with Crippen molar-refractivity contribution in [2.45, 2.75) is 19.0 Å². The number of amidine groups is 1. The summed E-state index contributed by atoms with van der Waals surface area (Å²) in [5.41, 5.74) is 4.89. The molecule has 0 aliphatic heterocycles. The fraction of sp³-hybridized carbons (Fsp3) is 0.364. The van der Waals surface area contributed by atoms with Crippen LogP contribution in [0.5, 0.6) is 0 Å². The van der Waals surface area contributed by atoms with Gasteiger partial charge in [0.2, 0.25) is 0 Å². The predicted octanol–water partition coefficient (Wildman–Crippen LogP) is 3.30. The van der Waals surface area contributed by atoms with E-state index < -0.39 is 11.7 Å². The minimum atomic E-state index is -4.41. The minimum Gasteiger partial charge on any atom is -0.409 e. The summed E-state index contributed by atoms with van der Waals surface area (Å²) in [5.74, 6) is 0.0975. The number of halogens is 4. The van der Waals surface area contributed by atoms with Gasteiger partial charge in [0.15, 0.2) is 0 Å². The Balaban J connectivity index is 2.56. The van der Waals surface area contributed by atoms with E-state index in [4.69, 9.17) is 22.5 Å². The highest BCUT2D eigenvalue weighted by atomic mass is 35.5. The van der Waals surface area contributed by atoms with E-state index in [1.807, 2.05) is 0 Å².